The Kier molecular flexibility index (Phi) is 16.4. The van der Waals surface area contributed by atoms with Crippen molar-refractivity contribution in [3.05, 3.63) is 0 Å². The van der Waals surface area contributed by atoms with Crippen LogP contribution in [-0.2, 0) is 47.5 Å². The highest BCUT2D eigenvalue weighted by atomic mass is 16.8. The number of ether oxygens (including phenoxy) is 7. The van der Waals surface area contributed by atoms with Crippen LogP contribution >= 0.6 is 0 Å². The lowest BCUT2D eigenvalue weighted by atomic mass is 9.88. The fourth-order valence-corrected chi connectivity index (χ4v) is 7.04. The number of hydrogen-bond donors (Lipinski definition) is 16. The third kappa shape index (κ3) is 10.2. The van der Waals surface area contributed by atoms with Crippen LogP contribution in [0, 0.1) is 0 Å². The van der Waals surface area contributed by atoms with E-state index < -0.39 is 179 Å². The molecule has 26 heteroatoms. The molecule has 0 unspecified atom stereocenters. The number of carbonyl (C=O) groups excluding carboxylic acids is 2. The highest BCUT2D eigenvalue weighted by Crippen LogP contribution is 2.38. The van der Waals surface area contributed by atoms with Crippen LogP contribution in [0.5, 0.6) is 0 Å². The normalized spacial score (nSPS) is 45.1. The van der Waals surface area contributed by atoms with Gasteiger partial charge in [0.2, 0.25) is 11.8 Å². The van der Waals surface area contributed by atoms with E-state index in [-0.39, 0.29) is 0 Å². The van der Waals surface area contributed by atoms with Gasteiger partial charge in [0, 0.05) is 20.3 Å². The molecule has 4 aliphatic rings. The Hall–Kier alpha value is -2.39. The molecule has 0 aliphatic carbocycles. The lowest BCUT2D eigenvalue weighted by molar-refractivity contribution is -0.387. The SMILES string of the molecule is CC(=O)N[C@H]1[C@H](O[C@H]2[C@@H](O)[C@H](O)[C@@H](CO)O[C@@H]2O)O[C@H](CO)[C@@H](O[C@@H]2O[C@H](CO)[C@H](O)[C@H](O[C@]3(C(=O)O)C[C@H](O)[C@@H](NC(C)=O)[C@H]([C@H](O)[C@H](O)CO)O3)[C@H]2O)[C@@H]1O. The molecule has 4 fully saturated rings. The molecule has 57 heavy (non-hydrogen) atoms. The molecule has 21 atom stereocenters. The molecule has 330 valence electrons. The Morgan fingerprint density at radius 1 is 0.684 bits per heavy atom. The fraction of sp³-hybridized carbons (Fsp3) is 0.903. The van der Waals surface area contributed by atoms with Crippen LogP contribution in [0.3, 0.4) is 0 Å². The average molecular weight is 837 g/mol. The van der Waals surface area contributed by atoms with Gasteiger partial charge in [0.1, 0.15) is 91.5 Å². The third-order valence-corrected chi connectivity index (χ3v) is 9.98. The first-order valence-corrected chi connectivity index (χ1v) is 17.7. The number of carbonyl (C=O) groups is 3. The third-order valence-electron chi connectivity index (χ3n) is 9.98. The molecular weight excluding hydrogens is 784 g/mol. The van der Waals surface area contributed by atoms with Crippen LogP contribution in [0.1, 0.15) is 20.3 Å². The van der Waals surface area contributed by atoms with E-state index in [0.717, 1.165) is 13.8 Å². The van der Waals surface area contributed by atoms with Gasteiger partial charge in [-0.2, -0.15) is 0 Å². The maximum Gasteiger partial charge on any atom is 0.364 e. The number of nitrogens with one attached hydrogen (secondary N) is 2. The van der Waals surface area contributed by atoms with Crippen molar-refractivity contribution in [1.82, 2.24) is 10.6 Å². The second-order valence-electron chi connectivity index (χ2n) is 14.0. The second kappa shape index (κ2) is 19.8. The first kappa shape index (κ1) is 47.3. The summed E-state index contributed by atoms with van der Waals surface area (Å²) < 4.78 is 38.9. The van der Waals surface area contributed by atoms with Crippen molar-refractivity contribution in [3.63, 3.8) is 0 Å². The number of hydrogen-bond acceptors (Lipinski definition) is 23. The minimum Gasteiger partial charge on any atom is -0.477 e. The van der Waals surface area contributed by atoms with Crippen LogP contribution in [-0.4, -0.2) is 244 Å². The maximum atomic E-state index is 12.8. The molecule has 16 N–H and O–H groups in total. The van der Waals surface area contributed by atoms with E-state index in [9.17, 15) is 85.9 Å². The molecule has 2 amide bonds. The van der Waals surface area contributed by atoms with Crippen molar-refractivity contribution in [3.8, 4) is 0 Å². The highest BCUT2D eigenvalue weighted by Gasteiger charge is 2.60. The molecule has 26 nitrogen and oxygen atoms in total. The number of amides is 2. The van der Waals surface area contributed by atoms with Crippen molar-refractivity contribution < 1.29 is 119 Å². The summed E-state index contributed by atoms with van der Waals surface area (Å²) in [6.45, 7) is -1.94. The Labute approximate surface area is 322 Å². The molecular formula is C31H52N2O24. The summed E-state index contributed by atoms with van der Waals surface area (Å²) in [7, 11) is 0. The molecule has 4 heterocycles. The molecule has 0 radical (unpaired) electrons. The molecule has 0 bridgehead atoms. The zero-order valence-corrected chi connectivity index (χ0v) is 30.4. The van der Waals surface area contributed by atoms with E-state index in [1.54, 1.807) is 0 Å². The van der Waals surface area contributed by atoms with E-state index in [1.807, 2.05) is 0 Å². The van der Waals surface area contributed by atoms with Crippen molar-refractivity contribution >= 4 is 17.8 Å². The van der Waals surface area contributed by atoms with Crippen molar-refractivity contribution in [2.75, 3.05) is 26.4 Å². The molecule has 0 aromatic heterocycles. The predicted molar refractivity (Wildman–Crippen MR) is 174 cm³/mol. The van der Waals surface area contributed by atoms with Gasteiger partial charge in [0.15, 0.2) is 18.9 Å². The molecule has 4 rings (SSSR count). The number of carboxylic acid groups (broad SMARTS) is 1. The number of carboxylic acids is 1. The smallest absolute Gasteiger partial charge is 0.364 e. The summed E-state index contributed by atoms with van der Waals surface area (Å²) in [5.41, 5.74) is 0. The summed E-state index contributed by atoms with van der Waals surface area (Å²) in [5, 5.41) is 151. The molecule has 0 spiro atoms. The van der Waals surface area contributed by atoms with Gasteiger partial charge in [-0.15, -0.1) is 0 Å². The Balaban J connectivity index is 1.62. The van der Waals surface area contributed by atoms with Crippen molar-refractivity contribution in [2.45, 2.75) is 149 Å². The predicted octanol–water partition coefficient (Wildman–Crippen LogP) is -10.3. The minimum absolute atomic E-state index is 0.787. The van der Waals surface area contributed by atoms with Crippen LogP contribution in [0.2, 0.25) is 0 Å². The van der Waals surface area contributed by atoms with Gasteiger partial charge in [-0.1, -0.05) is 0 Å². The van der Waals surface area contributed by atoms with Crippen molar-refractivity contribution in [2.24, 2.45) is 0 Å². The first-order valence-electron chi connectivity index (χ1n) is 17.7. The molecule has 4 saturated heterocycles. The number of aliphatic hydroxyl groups is 13. The monoisotopic (exact) mass is 836 g/mol. The Bertz CT molecular complexity index is 1350. The molecule has 0 aromatic carbocycles. The first-order chi connectivity index (χ1) is 26.7. The van der Waals surface area contributed by atoms with Crippen molar-refractivity contribution in [1.29, 1.82) is 0 Å². The van der Waals surface area contributed by atoms with Gasteiger partial charge in [-0.05, 0) is 0 Å². The zero-order valence-electron chi connectivity index (χ0n) is 30.4. The summed E-state index contributed by atoms with van der Waals surface area (Å²) >= 11 is 0. The summed E-state index contributed by atoms with van der Waals surface area (Å²) in [6, 6.07) is -3.30. The topological polar surface area (TPSA) is 423 Å². The van der Waals surface area contributed by atoms with Gasteiger partial charge >= 0.3 is 5.97 Å². The second-order valence-corrected chi connectivity index (χ2v) is 14.0. The number of rotatable bonds is 15. The summed E-state index contributed by atoms with van der Waals surface area (Å²) in [6.07, 6.45) is -36.1. The zero-order chi connectivity index (χ0) is 42.7. The Morgan fingerprint density at radius 3 is 1.77 bits per heavy atom. The van der Waals surface area contributed by atoms with Crippen LogP contribution < -0.4 is 10.6 Å². The summed E-state index contributed by atoms with van der Waals surface area (Å²) in [4.78, 5) is 36.9. The van der Waals surface area contributed by atoms with E-state index in [2.05, 4.69) is 10.6 Å². The molecule has 0 aromatic rings. The lowest BCUT2D eigenvalue weighted by Gasteiger charge is -2.51. The number of aliphatic carboxylic acids is 1. The van der Waals surface area contributed by atoms with E-state index in [4.69, 9.17) is 33.2 Å². The van der Waals surface area contributed by atoms with Crippen LogP contribution in [0.4, 0.5) is 0 Å². The maximum absolute atomic E-state index is 12.8. The average Bonchev–Trinajstić information content (AvgIpc) is 3.16. The summed E-state index contributed by atoms with van der Waals surface area (Å²) in [5.74, 6) is -6.74. The van der Waals surface area contributed by atoms with Gasteiger partial charge in [-0.25, -0.2) is 4.79 Å². The number of aliphatic hydroxyl groups excluding tert-OH is 13. The fourth-order valence-electron chi connectivity index (χ4n) is 7.04. The lowest BCUT2D eigenvalue weighted by Crippen LogP contribution is -2.71. The van der Waals surface area contributed by atoms with Crippen LogP contribution in [0.15, 0.2) is 0 Å². The van der Waals surface area contributed by atoms with Crippen LogP contribution in [0.25, 0.3) is 0 Å². The van der Waals surface area contributed by atoms with Gasteiger partial charge in [0.05, 0.1) is 38.6 Å². The highest BCUT2D eigenvalue weighted by molar-refractivity contribution is 5.76. The van der Waals surface area contributed by atoms with Gasteiger partial charge < -0.3 is 115 Å². The van der Waals surface area contributed by atoms with E-state index in [1.165, 1.54) is 0 Å². The largest absolute Gasteiger partial charge is 0.477 e. The van der Waals surface area contributed by atoms with E-state index >= 15 is 0 Å². The van der Waals surface area contributed by atoms with Gasteiger partial charge in [-0.3, -0.25) is 9.59 Å². The molecule has 4 aliphatic heterocycles. The van der Waals surface area contributed by atoms with Gasteiger partial charge in [0.25, 0.3) is 5.79 Å². The molecule has 0 saturated carbocycles. The standard InChI is InChI=1S/C31H52N2O24/c1-8(38)32-15-10(40)3-31(30(49)50,56-24(15)17(42)11(41)4-34)57-25-19(44)13(6-36)52-29(22(25)47)54-23-14(7-37)53-28(16(20(23)45)33-9(2)39)55-26-21(46)18(43)12(5-35)51-27(26)48/h10-29,34-37,40-48H,3-7H2,1-2H3,(H,32,38)(H,33,39)(H,49,50)/t10-,11+,12+,13+,14+,15+,16+,17+,18+,19-,20+,21-,22+,23+,24+,25-,26-,27-,28-,29-,31-/m0/s1. The van der Waals surface area contributed by atoms with E-state index in [0.29, 0.717) is 0 Å². The minimum atomic E-state index is -3.12. The Morgan fingerprint density at radius 2 is 1.23 bits per heavy atom. The quantitative estimate of drug-likeness (QED) is 0.0728.